The summed E-state index contributed by atoms with van der Waals surface area (Å²) in [5.41, 5.74) is 0. The number of hydrogen-bond donors (Lipinski definition) is 3. The summed E-state index contributed by atoms with van der Waals surface area (Å²) >= 11 is 4.75. The van der Waals surface area contributed by atoms with Gasteiger partial charge in [0.25, 0.3) is 0 Å². The predicted octanol–water partition coefficient (Wildman–Crippen LogP) is 0.241. The fourth-order valence-corrected chi connectivity index (χ4v) is 0.173. The number of aliphatic hydroxyl groups excluding tert-OH is 2. The fourth-order valence-electron chi connectivity index (χ4n) is 0.0577. The van der Waals surface area contributed by atoms with Gasteiger partial charge in [-0.1, -0.05) is 0 Å². The largest absolute Gasteiger partial charge is 0.394 e. The number of aliphatic hydroxyl groups is 2. The molecule has 0 aromatic rings. The summed E-state index contributed by atoms with van der Waals surface area (Å²) in [6.07, 6.45) is -0.645. The van der Waals surface area contributed by atoms with Crippen molar-refractivity contribution in [3.63, 3.8) is 0 Å². The van der Waals surface area contributed by atoms with Crippen LogP contribution in [0, 0.1) is 0 Å². The molecule has 2 N–H and O–H groups in total. The van der Waals surface area contributed by atoms with Gasteiger partial charge in [-0.05, 0) is 0 Å². The molecule has 0 bridgehead atoms. The maximum atomic E-state index is 8.34. The molecule has 2 nitrogen and oxygen atoms in total. The van der Waals surface area contributed by atoms with Gasteiger partial charge >= 0.3 is 37.0 Å². The molecular formula is C5H13HgO2S. The van der Waals surface area contributed by atoms with Gasteiger partial charge in [-0.25, -0.2) is 0 Å². The van der Waals surface area contributed by atoms with Crippen molar-refractivity contribution in [3.8, 4) is 0 Å². The molecule has 0 aliphatic rings. The molecule has 0 aromatic carbocycles. The average molecular weight is 338 g/mol. The Hall–Kier alpha value is 1.21. The summed E-state index contributed by atoms with van der Waals surface area (Å²) in [5.74, 6) is 0.330. The molecule has 1 unspecified atom stereocenters. The topological polar surface area (TPSA) is 40.5 Å². The Kier molecular flexibility index (Phi) is 17.0. The zero-order chi connectivity index (χ0) is 7.70. The molecule has 0 aliphatic carbocycles. The fraction of sp³-hybridized carbons (Fsp3) is 1.00. The quantitative estimate of drug-likeness (QED) is 0.499. The Balaban J connectivity index is 0. The maximum absolute atomic E-state index is 8.34. The first-order chi connectivity index (χ1) is 4.22. The van der Waals surface area contributed by atoms with Crippen LogP contribution in [0.15, 0.2) is 0 Å². The SMILES string of the molecule is C[CH2][Hg].OCC(O)CS. The van der Waals surface area contributed by atoms with Crippen LogP contribution in [0.25, 0.3) is 0 Å². The number of rotatable bonds is 2. The standard InChI is InChI=1S/C3H8O2S.C2H5.Hg/c4-1-3(5)2-6;1-2;/h3-6H,1-2H2;1H2,2H3;. The smallest absolute Gasteiger partial charge is 0.0858 e. The Morgan fingerprint density at radius 3 is 2.00 bits per heavy atom. The van der Waals surface area contributed by atoms with Crippen molar-refractivity contribution < 1.29 is 36.3 Å². The van der Waals surface area contributed by atoms with Crippen LogP contribution in [0.5, 0.6) is 0 Å². The third-order valence-electron chi connectivity index (χ3n) is 0.421. The first-order valence-electron chi connectivity index (χ1n) is 2.91. The summed E-state index contributed by atoms with van der Waals surface area (Å²) in [5, 5.41) is 16.4. The third-order valence-corrected chi connectivity index (χ3v) is 0.843. The van der Waals surface area contributed by atoms with E-state index in [-0.39, 0.29) is 6.61 Å². The second-order valence-corrected chi connectivity index (χ2v) is 5.77. The van der Waals surface area contributed by atoms with E-state index in [4.69, 9.17) is 10.2 Å². The van der Waals surface area contributed by atoms with Crippen molar-refractivity contribution in [2.45, 2.75) is 17.0 Å². The molecule has 0 rings (SSSR count). The first kappa shape index (κ1) is 12.8. The van der Waals surface area contributed by atoms with Gasteiger partial charge in [0.05, 0.1) is 12.7 Å². The minimum Gasteiger partial charge on any atom is -0.394 e. The molecule has 0 saturated carbocycles. The normalized spacial score (nSPS) is 11.8. The second kappa shape index (κ2) is 11.9. The van der Waals surface area contributed by atoms with Gasteiger partial charge in [0.15, 0.2) is 0 Å². The molecule has 1 atom stereocenters. The van der Waals surface area contributed by atoms with Gasteiger partial charge < -0.3 is 10.2 Å². The summed E-state index contributed by atoms with van der Waals surface area (Å²) in [7, 11) is 0. The Morgan fingerprint density at radius 2 is 2.00 bits per heavy atom. The molecule has 0 aromatic heterocycles. The number of hydrogen-bond acceptors (Lipinski definition) is 3. The van der Waals surface area contributed by atoms with Crippen LogP contribution in [0.2, 0.25) is 3.93 Å². The molecule has 0 aliphatic heterocycles. The van der Waals surface area contributed by atoms with E-state index in [1.807, 2.05) is 0 Å². The number of thiol groups is 1. The van der Waals surface area contributed by atoms with E-state index in [1.165, 1.54) is 3.93 Å². The van der Waals surface area contributed by atoms with Crippen LogP contribution in [-0.4, -0.2) is 28.7 Å². The van der Waals surface area contributed by atoms with Crippen LogP contribution < -0.4 is 0 Å². The Morgan fingerprint density at radius 1 is 1.67 bits per heavy atom. The molecule has 0 heterocycles. The van der Waals surface area contributed by atoms with Crippen LogP contribution in [0.4, 0.5) is 0 Å². The van der Waals surface area contributed by atoms with Crippen molar-refractivity contribution >= 4 is 12.6 Å². The van der Waals surface area contributed by atoms with Crippen molar-refractivity contribution in [2.75, 3.05) is 12.4 Å². The van der Waals surface area contributed by atoms with Crippen molar-refractivity contribution in [1.82, 2.24) is 0 Å². The van der Waals surface area contributed by atoms with E-state index in [1.54, 1.807) is 0 Å². The molecule has 53 valence electrons. The molecule has 9 heavy (non-hydrogen) atoms. The van der Waals surface area contributed by atoms with Crippen molar-refractivity contribution in [1.29, 1.82) is 0 Å². The van der Waals surface area contributed by atoms with E-state index in [0.717, 1.165) is 26.1 Å². The molecular weight excluding hydrogens is 325 g/mol. The van der Waals surface area contributed by atoms with Crippen LogP contribution in [0.1, 0.15) is 6.92 Å². The summed E-state index contributed by atoms with van der Waals surface area (Å²) in [4.78, 5) is 0. The van der Waals surface area contributed by atoms with Crippen LogP contribution in [0.3, 0.4) is 0 Å². The van der Waals surface area contributed by atoms with E-state index < -0.39 is 6.10 Å². The monoisotopic (exact) mass is 339 g/mol. The second-order valence-electron chi connectivity index (χ2n) is 1.52. The van der Waals surface area contributed by atoms with Crippen LogP contribution >= 0.6 is 12.6 Å². The van der Waals surface area contributed by atoms with Gasteiger partial charge in [0, 0.05) is 5.75 Å². The predicted molar refractivity (Wildman–Crippen MR) is 37.4 cm³/mol. The summed E-state index contributed by atoms with van der Waals surface area (Å²) in [6.45, 7) is 2.02. The Bertz CT molecular complexity index is 41.9. The molecule has 4 heteroatoms. The van der Waals surface area contributed by atoms with Crippen LogP contribution in [-0.2, 0) is 26.1 Å². The summed E-state index contributed by atoms with van der Waals surface area (Å²) < 4.78 is 1.44. The van der Waals surface area contributed by atoms with E-state index in [9.17, 15) is 0 Å². The van der Waals surface area contributed by atoms with E-state index in [0.29, 0.717) is 5.75 Å². The average Bonchev–Trinajstić information content (AvgIpc) is 1.88. The zero-order valence-corrected chi connectivity index (χ0v) is 12.1. The first-order valence-corrected chi connectivity index (χ1v) is 7.43. The minimum absolute atomic E-state index is 0.191. The minimum atomic E-state index is -0.645. The summed E-state index contributed by atoms with van der Waals surface area (Å²) in [6, 6.07) is 0. The van der Waals surface area contributed by atoms with Crippen molar-refractivity contribution in [2.24, 2.45) is 0 Å². The van der Waals surface area contributed by atoms with E-state index in [2.05, 4.69) is 19.6 Å². The molecule has 0 amide bonds. The Labute approximate surface area is 78.0 Å². The van der Waals surface area contributed by atoms with Crippen molar-refractivity contribution in [3.05, 3.63) is 0 Å². The third kappa shape index (κ3) is 17.6. The van der Waals surface area contributed by atoms with Gasteiger partial charge in [0.2, 0.25) is 0 Å². The molecule has 0 saturated heterocycles. The van der Waals surface area contributed by atoms with Gasteiger partial charge in [-0.3, -0.25) is 0 Å². The molecule has 0 spiro atoms. The molecule has 0 radical (unpaired) electrons. The van der Waals surface area contributed by atoms with Gasteiger partial charge in [-0.15, -0.1) is 0 Å². The zero-order valence-electron chi connectivity index (χ0n) is 5.75. The molecule has 0 fully saturated rings. The van der Waals surface area contributed by atoms with E-state index >= 15 is 0 Å². The van der Waals surface area contributed by atoms with Gasteiger partial charge in [-0.2, -0.15) is 12.6 Å². The maximum Gasteiger partial charge on any atom is 0.0858 e. The van der Waals surface area contributed by atoms with Gasteiger partial charge in [0.1, 0.15) is 0 Å².